The lowest BCUT2D eigenvalue weighted by Gasteiger charge is -2.31. The largest absolute Gasteiger partial charge is 0.425 e. The fraction of sp³-hybridized carbons (Fsp3) is 0.462. The lowest BCUT2D eigenvalue weighted by Crippen LogP contribution is -2.35. The predicted octanol–water partition coefficient (Wildman–Crippen LogP) is 1.43. The van der Waals surface area contributed by atoms with Crippen LogP contribution in [0.2, 0.25) is 0 Å². The van der Waals surface area contributed by atoms with Crippen molar-refractivity contribution in [2.24, 2.45) is 0 Å². The summed E-state index contributed by atoms with van der Waals surface area (Å²) in [5.41, 5.74) is 1.57. The molecule has 8 nitrogen and oxygen atoms in total. The van der Waals surface area contributed by atoms with Gasteiger partial charge in [-0.3, -0.25) is 0 Å². The summed E-state index contributed by atoms with van der Waals surface area (Å²) in [6.45, 7) is 3.58. The number of anilines is 1. The van der Waals surface area contributed by atoms with Crippen molar-refractivity contribution in [1.82, 2.24) is 30.1 Å². The van der Waals surface area contributed by atoms with Gasteiger partial charge in [0.2, 0.25) is 11.8 Å². The number of nitrogens with zero attached hydrogens (tertiary/aromatic N) is 6. The fourth-order valence-electron chi connectivity index (χ4n) is 2.84. The van der Waals surface area contributed by atoms with E-state index < -0.39 is 0 Å². The van der Waals surface area contributed by atoms with Crippen LogP contribution >= 0.6 is 0 Å². The van der Waals surface area contributed by atoms with Crippen molar-refractivity contribution in [2.45, 2.75) is 25.7 Å². The van der Waals surface area contributed by atoms with Gasteiger partial charge < -0.3 is 14.3 Å². The minimum absolute atomic E-state index is 0.243. The van der Waals surface area contributed by atoms with E-state index in [0.717, 1.165) is 37.3 Å². The number of piperidine rings is 1. The van der Waals surface area contributed by atoms with Crippen LogP contribution in [0.5, 0.6) is 0 Å². The highest BCUT2D eigenvalue weighted by atomic mass is 16.4. The first-order chi connectivity index (χ1) is 10.3. The zero-order valence-electron chi connectivity index (χ0n) is 11.7. The highest BCUT2D eigenvalue weighted by Crippen LogP contribution is 2.30. The van der Waals surface area contributed by atoms with E-state index >= 15 is 0 Å². The molecule has 0 bridgehead atoms. The van der Waals surface area contributed by atoms with E-state index in [1.165, 1.54) is 0 Å². The van der Waals surface area contributed by atoms with Crippen LogP contribution in [0.3, 0.4) is 0 Å². The van der Waals surface area contributed by atoms with Gasteiger partial charge in [-0.1, -0.05) is 0 Å². The van der Waals surface area contributed by atoms with Crippen LogP contribution in [0.1, 0.15) is 30.5 Å². The third-order valence-corrected chi connectivity index (χ3v) is 3.81. The molecule has 1 saturated heterocycles. The SMILES string of the molecule is Cc1nnc(C2CCCN(c3ncnc4nc[nH]c34)C2)o1. The van der Waals surface area contributed by atoms with Crippen molar-refractivity contribution in [2.75, 3.05) is 18.0 Å². The minimum Gasteiger partial charge on any atom is -0.425 e. The summed E-state index contributed by atoms with van der Waals surface area (Å²) in [5, 5.41) is 8.08. The normalized spacial score (nSPS) is 19.3. The summed E-state index contributed by atoms with van der Waals surface area (Å²) < 4.78 is 5.58. The van der Waals surface area contributed by atoms with Crippen molar-refractivity contribution in [3.8, 4) is 0 Å². The monoisotopic (exact) mass is 285 g/mol. The van der Waals surface area contributed by atoms with Crippen molar-refractivity contribution < 1.29 is 4.42 Å². The first-order valence-electron chi connectivity index (χ1n) is 7.00. The van der Waals surface area contributed by atoms with Crippen LogP contribution in [0.15, 0.2) is 17.1 Å². The van der Waals surface area contributed by atoms with Crippen LogP contribution in [-0.2, 0) is 0 Å². The number of aryl methyl sites for hydroxylation is 1. The number of nitrogens with one attached hydrogen (secondary N) is 1. The second kappa shape index (κ2) is 4.80. The van der Waals surface area contributed by atoms with E-state index in [9.17, 15) is 0 Å². The molecule has 0 saturated carbocycles. The first kappa shape index (κ1) is 12.2. The number of H-pyrrole nitrogens is 1. The molecular formula is C13H15N7O. The lowest BCUT2D eigenvalue weighted by molar-refractivity contribution is 0.387. The van der Waals surface area contributed by atoms with Gasteiger partial charge in [0.1, 0.15) is 11.8 Å². The molecule has 1 aliphatic rings. The lowest BCUT2D eigenvalue weighted by atomic mass is 9.98. The third-order valence-electron chi connectivity index (χ3n) is 3.81. The van der Waals surface area contributed by atoms with E-state index in [4.69, 9.17) is 4.42 Å². The summed E-state index contributed by atoms with van der Waals surface area (Å²) >= 11 is 0. The maximum Gasteiger partial charge on any atom is 0.221 e. The molecule has 0 spiro atoms. The van der Waals surface area contributed by atoms with Gasteiger partial charge in [0.25, 0.3) is 0 Å². The number of hydrogen-bond acceptors (Lipinski definition) is 7. The van der Waals surface area contributed by atoms with E-state index in [2.05, 4.69) is 35.0 Å². The summed E-state index contributed by atoms with van der Waals surface area (Å²) in [5.74, 6) is 2.46. The Morgan fingerprint density at radius 3 is 3.10 bits per heavy atom. The molecule has 0 radical (unpaired) electrons. The zero-order chi connectivity index (χ0) is 14.2. The summed E-state index contributed by atoms with van der Waals surface area (Å²) in [7, 11) is 0. The molecule has 1 aliphatic heterocycles. The molecule has 4 rings (SSSR count). The summed E-state index contributed by atoms with van der Waals surface area (Å²) in [6, 6.07) is 0. The van der Waals surface area contributed by atoms with Gasteiger partial charge in [0.15, 0.2) is 11.5 Å². The Bertz CT molecular complexity index is 765. The topological polar surface area (TPSA) is 96.6 Å². The molecule has 0 amide bonds. The standard InChI is InChI=1S/C13H15N7O/c1-8-18-19-13(21-8)9-3-2-4-20(5-9)12-10-11(15-6-14-10)16-7-17-12/h6-7,9H,2-5H2,1H3,(H,14,15,16,17). The van der Waals surface area contributed by atoms with Crippen molar-refractivity contribution in [3.05, 3.63) is 24.4 Å². The van der Waals surface area contributed by atoms with E-state index in [-0.39, 0.29) is 5.92 Å². The predicted molar refractivity (Wildman–Crippen MR) is 74.9 cm³/mol. The van der Waals surface area contributed by atoms with Gasteiger partial charge in [-0.25, -0.2) is 15.0 Å². The molecule has 1 atom stereocenters. The van der Waals surface area contributed by atoms with E-state index in [0.29, 0.717) is 17.4 Å². The second-order valence-electron chi connectivity index (χ2n) is 5.24. The highest BCUT2D eigenvalue weighted by Gasteiger charge is 2.27. The number of aromatic nitrogens is 6. The number of fused-ring (bicyclic) bond motifs is 1. The van der Waals surface area contributed by atoms with Gasteiger partial charge in [-0.05, 0) is 12.8 Å². The van der Waals surface area contributed by atoms with Crippen LogP contribution < -0.4 is 4.90 Å². The van der Waals surface area contributed by atoms with E-state index in [1.54, 1.807) is 12.7 Å². The number of aromatic amines is 1. The Balaban J connectivity index is 1.65. The molecule has 3 aromatic rings. The van der Waals surface area contributed by atoms with Crippen LogP contribution in [0.4, 0.5) is 5.82 Å². The Kier molecular flexibility index (Phi) is 2.80. The Morgan fingerprint density at radius 2 is 2.24 bits per heavy atom. The van der Waals surface area contributed by atoms with Crippen LogP contribution in [-0.4, -0.2) is 43.2 Å². The summed E-state index contributed by atoms with van der Waals surface area (Å²) in [4.78, 5) is 18.1. The Morgan fingerprint density at radius 1 is 1.29 bits per heavy atom. The van der Waals surface area contributed by atoms with Crippen molar-refractivity contribution >= 4 is 17.0 Å². The first-order valence-corrected chi connectivity index (χ1v) is 7.00. The van der Waals surface area contributed by atoms with Crippen LogP contribution in [0.25, 0.3) is 11.2 Å². The van der Waals surface area contributed by atoms with Gasteiger partial charge >= 0.3 is 0 Å². The third kappa shape index (κ3) is 2.12. The van der Waals surface area contributed by atoms with Gasteiger partial charge in [0.05, 0.1) is 12.2 Å². The second-order valence-corrected chi connectivity index (χ2v) is 5.24. The van der Waals surface area contributed by atoms with Crippen molar-refractivity contribution in [1.29, 1.82) is 0 Å². The highest BCUT2D eigenvalue weighted by molar-refractivity contribution is 5.82. The molecular weight excluding hydrogens is 270 g/mol. The molecule has 108 valence electrons. The number of imidazole rings is 1. The molecule has 0 aliphatic carbocycles. The molecule has 21 heavy (non-hydrogen) atoms. The number of hydrogen-bond donors (Lipinski definition) is 1. The smallest absolute Gasteiger partial charge is 0.221 e. The van der Waals surface area contributed by atoms with Crippen LogP contribution in [0, 0.1) is 6.92 Å². The van der Waals surface area contributed by atoms with Gasteiger partial charge in [-0.15, -0.1) is 10.2 Å². The molecule has 3 aromatic heterocycles. The van der Waals surface area contributed by atoms with Gasteiger partial charge in [-0.2, -0.15) is 0 Å². The van der Waals surface area contributed by atoms with E-state index in [1.807, 2.05) is 6.92 Å². The Hall–Kier alpha value is -2.51. The molecule has 8 heteroatoms. The Labute approximate surface area is 120 Å². The maximum absolute atomic E-state index is 5.58. The molecule has 1 N–H and O–H groups in total. The molecule has 0 aromatic carbocycles. The average Bonchev–Trinajstić information content (AvgIpc) is 3.15. The summed E-state index contributed by atoms with van der Waals surface area (Å²) in [6.07, 6.45) is 5.31. The molecule has 1 unspecified atom stereocenters. The fourth-order valence-corrected chi connectivity index (χ4v) is 2.84. The molecule has 4 heterocycles. The quantitative estimate of drug-likeness (QED) is 0.760. The average molecular weight is 285 g/mol. The molecule has 1 fully saturated rings. The van der Waals surface area contributed by atoms with Gasteiger partial charge in [0, 0.05) is 20.0 Å². The van der Waals surface area contributed by atoms with Crippen molar-refractivity contribution in [3.63, 3.8) is 0 Å². The zero-order valence-corrected chi connectivity index (χ0v) is 11.7. The minimum atomic E-state index is 0.243. The maximum atomic E-state index is 5.58. The number of rotatable bonds is 2.